The first-order chi connectivity index (χ1) is 14.4. The van der Waals surface area contributed by atoms with Gasteiger partial charge in [0, 0.05) is 5.56 Å². The summed E-state index contributed by atoms with van der Waals surface area (Å²) in [5.74, 6) is -0.689. The van der Waals surface area contributed by atoms with Crippen molar-refractivity contribution < 1.29 is 15.0 Å². The van der Waals surface area contributed by atoms with Crippen molar-refractivity contribution >= 4 is 24.0 Å². The molecule has 172 valence electrons. The highest BCUT2D eigenvalue weighted by atomic mass is 35.5. The van der Waals surface area contributed by atoms with E-state index in [1.165, 1.54) is 5.56 Å². The summed E-state index contributed by atoms with van der Waals surface area (Å²) in [6.45, 7) is 4.68. The van der Waals surface area contributed by atoms with Crippen LogP contribution in [0.15, 0.2) is 30.3 Å². The second-order valence-electron chi connectivity index (χ2n) is 7.74. The van der Waals surface area contributed by atoms with Crippen molar-refractivity contribution in [3.05, 3.63) is 41.5 Å². The minimum absolute atomic E-state index is 0. The van der Waals surface area contributed by atoms with Crippen LogP contribution < -0.4 is 16.8 Å². The van der Waals surface area contributed by atoms with Gasteiger partial charge in [-0.25, -0.2) is 0 Å². The number of carbonyl (C=O) groups is 1. The van der Waals surface area contributed by atoms with E-state index in [0.717, 1.165) is 37.7 Å². The van der Waals surface area contributed by atoms with E-state index >= 15 is 0 Å². The molecule has 31 heavy (non-hydrogen) atoms. The molecule has 1 amide bonds. The Labute approximate surface area is 191 Å². The SMILES string of the molecule is CCCc1cccc(-c2cc(CCC)c(O)c(NC(=O)C(N)CCCCN)c2O)c1.Cl. The molecule has 1 atom stereocenters. The molecule has 0 saturated carbocycles. The first-order valence-corrected chi connectivity index (χ1v) is 10.9. The third kappa shape index (κ3) is 7.13. The largest absolute Gasteiger partial charge is 0.505 e. The van der Waals surface area contributed by atoms with Crippen LogP contribution in [0.3, 0.4) is 0 Å². The van der Waals surface area contributed by atoms with Crippen molar-refractivity contribution in [3.8, 4) is 22.6 Å². The summed E-state index contributed by atoms with van der Waals surface area (Å²) < 4.78 is 0. The number of aryl methyl sites for hydroxylation is 2. The van der Waals surface area contributed by atoms with E-state index in [4.69, 9.17) is 11.5 Å². The highest BCUT2D eigenvalue weighted by molar-refractivity contribution is 5.99. The van der Waals surface area contributed by atoms with Crippen molar-refractivity contribution in [1.29, 1.82) is 0 Å². The number of aromatic hydroxyl groups is 2. The smallest absolute Gasteiger partial charge is 0.241 e. The Hall–Kier alpha value is -2.28. The van der Waals surface area contributed by atoms with Gasteiger partial charge >= 0.3 is 0 Å². The fourth-order valence-corrected chi connectivity index (χ4v) is 3.56. The summed E-state index contributed by atoms with van der Waals surface area (Å²) in [5.41, 5.74) is 14.8. The Morgan fingerprint density at radius 3 is 2.42 bits per heavy atom. The van der Waals surface area contributed by atoms with Crippen LogP contribution in [0.2, 0.25) is 0 Å². The predicted molar refractivity (Wildman–Crippen MR) is 130 cm³/mol. The Morgan fingerprint density at radius 1 is 1.06 bits per heavy atom. The molecule has 0 spiro atoms. The number of hydrogen-bond donors (Lipinski definition) is 5. The van der Waals surface area contributed by atoms with Crippen LogP contribution >= 0.6 is 12.4 Å². The van der Waals surface area contributed by atoms with Crippen LogP contribution in [0.25, 0.3) is 11.1 Å². The van der Waals surface area contributed by atoms with E-state index in [2.05, 4.69) is 18.3 Å². The lowest BCUT2D eigenvalue weighted by Gasteiger charge is -2.19. The summed E-state index contributed by atoms with van der Waals surface area (Å²) in [5, 5.41) is 24.3. The molecule has 2 aromatic rings. The first kappa shape index (κ1) is 26.8. The summed E-state index contributed by atoms with van der Waals surface area (Å²) in [6, 6.07) is 9.04. The van der Waals surface area contributed by atoms with Gasteiger partial charge in [-0.3, -0.25) is 4.79 Å². The molecular weight excluding hydrogens is 414 g/mol. The maximum absolute atomic E-state index is 12.6. The van der Waals surface area contributed by atoms with Crippen molar-refractivity contribution in [2.24, 2.45) is 11.5 Å². The Morgan fingerprint density at radius 2 is 1.77 bits per heavy atom. The average molecular weight is 450 g/mol. The third-order valence-electron chi connectivity index (χ3n) is 5.20. The van der Waals surface area contributed by atoms with Crippen molar-refractivity contribution in [1.82, 2.24) is 0 Å². The monoisotopic (exact) mass is 449 g/mol. The van der Waals surface area contributed by atoms with Gasteiger partial charge in [0.15, 0.2) is 5.75 Å². The quantitative estimate of drug-likeness (QED) is 0.255. The predicted octanol–water partition coefficient (Wildman–Crippen LogP) is 4.49. The zero-order chi connectivity index (χ0) is 22.1. The number of nitrogens with two attached hydrogens (primary N) is 2. The molecule has 0 aliphatic carbocycles. The lowest BCUT2D eigenvalue weighted by Crippen LogP contribution is -2.35. The average Bonchev–Trinajstić information content (AvgIpc) is 2.73. The van der Waals surface area contributed by atoms with Crippen LogP contribution in [0, 0.1) is 0 Å². The molecule has 6 nitrogen and oxygen atoms in total. The van der Waals surface area contributed by atoms with Crippen molar-refractivity contribution in [2.45, 2.75) is 64.8 Å². The van der Waals surface area contributed by atoms with E-state index < -0.39 is 11.9 Å². The first-order valence-electron chi connectivity index (χ1n) is 10.9. The molecule has 2 aromatic carbocycles. The van der Waals surface area contributed by atoms with Gasteiger partial charge in [-0.2, -0.15) is 0 Å². The standard InChI is InChI=1S/C24H35N3O3.ClH/c1-3-8-16-10-7-11-17(14-16)19-15-18(9-4-2)22(28)21(23(19)29)27-24(30)20(26)12-5-6-13-25;/h7,10-11,14-15,20,28-29H,3-6,8-9,12-13,25-26H2,1-2H3,(H,27,30);1H. The number of halogens is 1. The molecule has 0 aliphatic rings. The van der Waals surface area contributed by atoms with Crippen molar-refractivity contribution in [3.63, 3.8) is 0 Å². The normalized spacial score (nSPS) is 11.6. The summed E-state index contributed by atoms with van der Waals surface area (Å²) in [6.07, 6.45) is 5.44. The van der Waals surface area contributed by atoms with E-state index in [1.807, 2.05) is 25.1 Å². The highest BCUT2D eigenvalue weighted by Crippen LogP contribution is 2.44. The van der Waals surface area contributed by atoms with Gasteiger partial charge in [0.25, 0.3) is 0 Å². The second kappa shape index (κ2) is 13.2. The molecule has 7 heteroatoms. The maximum Gasteiger partial charge on any atom is 0.241 e. The van der Waals surface area contributed by atoms with Crippen LogP contribution in [-0.2, 0) is 17.6 Å². The molecule has 1 unspecified atom stereocenters. The van der Waals surface area contributed by atoms with Crippen LogP contribution in [0.5, 0.6) is 11.5 Å². The molecule has 0 bridgehead atoms. The zero-order valence-electron chi connectivity index (χ0n) is 18.5. The molecular formula is C24H36ClN3O3. The number of rotatable bonds is 11. The second-order valence-corrected chi connectivity index (χ2v) is 7.74. The van der Waals surface area contributed by atoms with Gasteiger partial charge in [0.1, 0.15) is 11.4 Å². The number of carbonyl (C=O) groups excluding carboxylic acids is 1. The Bertz CT molecular complexity index is 858. The molecule has 0 aromatic heterocycles. The van der Waals surface area contributed by atoms with Gasteiger partial charge in [0.2, 0.25) is 5.91 Å². The van der Waals surface area contributed by atoms with Crippen LogP contribution in [0.4, 0.5) is 5.69 Å². The summed E-state index contributed by atoms with van der Waals surface area (Å²) >= 11 is 0. The zero-order valence-corrected chi connectivity index (χ0v) is 19.3. The van der Waals surface area contributed by atoms with Crippen LogP contribution in [-0.4, -0.2) is 28.7 Å². The lowest BCUT2D eigenvalue weighted by atomic mass is 9.95. The maximum atomic E-state index is 12.6. The van der Waals surface area contributed by atoms with Gasteiger partial charge in [0.05, 0.1) is 6.04 Å². The highest BCUT2D eigenvalue weighted by Gasteiger charge is 2.22. The molecule has 2 rings (SSSR count). The van der Waals surface area contributed by atoms with Gasteiger partial charge < -0.3 is 27.0 Å². The number of phenolic OH excluding ortho intramolecular Hbond substituents is 2. The van der Waals surface area contributed by atoms with Crippen LogP contribution in [0.1, 0.15) is 57.1 Å². The van der Waals surface area contributed by atoms with E-state index in [9.17, 15) is 15.0 Å². The fraction of sp³-hybridized carbons (Fsp3) is 0.458. The minimum atomic E-state index is -0.735. The molecule has 0 heterocycles. The Balaban J connectivity index is 0.00000480. The lowest BCUT2D eigenvalue weighted by molar-refractivity contribution is -0.117. The van der Waals surface area contributed by atoms with Gasteiger partial charge in [-0.15, -0.1) is 12.4 Å². The topological polar surface area (TPSA) is 122 Å². The number of phenols is 2. The third-order valence-corrected chi connectivity index (χ3v) is 5.20. The van der Waals surface area contributed by atoms with E-state index in [-0.39, 0.29) is 29.6 Å². The minimum Gasteiger partial charge on any atom is -0.505 e. The number of hydrogen-bond acceptors (Lipinski definition) is 5. The molecule has 0 saturated heterocycles. The fourth-order valence-electron chi connectivity index (χ4n) is 3.56. The van der Waals surface area contributed by atoms with E-state index in [1.54, 1.807) is 6.07 Å². The van der Waals surface area contributed by atoms with Gasteiger partial charge in [-0.05, 0) is 55.0 Å². The molecule has 0 aliphatic heterocycles. The number of nitrogens with one attached hydrogen (secondary N) is 1. The Kier molecular flexibility index (Phi) is 11.4. The summed E-state index contributed by atoms with van der Waals surface area (Å²) in [4.78, 5) is 12.6. The molecule has 7 N–H and O–H groups in total. The molecule has 0 radical (unpaired) electrons. The van der Waals surface area contributed by atoms with Crippen molar-refractivity contribution in [2.75, 3.05) is 11.9 Å². The number of amides is 1. The summed E-state index contributed by atoms with van der Waals surface area (Å²) in [7, 11) is 0. The van der Waals surface area contributed by atoms with Gasteiger partial charge in [-0.1, -0.05) is 57.4 Å². The number of benzene rings is 2. The number of anilines is 1. The number of unbranched alkanes of at least 4 members (excludes halogenated alkanes) is 1. The molecule has 0 fully saturated rings. The van der Waals surface area contributed by atoms with E-state index in [0.29, 0.717) is 30.5 Å².